The Balaban J connectivity index is 1.49. The van der Waals surface area contributed by atoms with Gasteiger partial charge in [0, 0.05) is 25.1 Å². The maximum Gasteiger partial charge on any atom is 0.317 e. The van der Waals surface area contributed by atoms with E-state index in [1.165, 1.54) is 0 Å². The van der Waals surface area contributed by atoms with E-state index < -0.39 is 104 Å². The third kappa shape index (κ3) is 11.8. The lowest BCUT2D eigenvalue weighted by atomic mass is 10.0. The predicted molar refractivity (Wildman–Crippen MR) is 171 cm³/mol. The molecule has 0 unspecified atom stereocenters. The number of carbonyl (C=O) groups excluding carboxylic acids is 8. The summed E-state index contributed by atoms with van der Waals surface area (Å²) in [6.45, 7) is -3.01. The third-order valence-electron chi connectivity index (χ3n) is 7.78. The number of benzene rings is 1. The van der Waals surface area contributed by atoms with Crippen LogP contribution in [0, 0.1) is 0 Å². The van der Waals surface area contributed by atoms with Gasteiger partial charge in [0.25, 0.3) is 11.8 Å². The molecule has 8 amide bonds. The summed E-state index contributed by atoms with van der Waals surface area (Å²) in [5.41, 5.74) is 5.01. The molecule has 1 aliphatic heterocycles. The van der Waals surface area contributed by atoms with Crippen molar-refractivity contribution in [3.63, 3.8) is 0 Å². The number of primary amides is 1. The molecular weight excluding hydrogens is 660 g/mol. The fourth-order valence-corrected chi connectivity index (χ4v) is 5.18. The van der Waals surface area contributed by atoms with Gasteiger partial charge in [0.05, 0.1) is 26.2 Å². The first-order chi connectivity index (χ1) is 23.8. The highest BCUT2D eigenvalue weighted by molar-refractivity contribution is 6.15. The maximum atomic E-state index is 13.0. The molecule has 0 aromatic heterocycles. The molecule has 3 rings (SSSR count). The zero-order valence-corrected chi connectivity index (χ0v) is 27.0. The van der Waals surface area contributed by atoms with Crippen LogP contribution in [0.15, 0.2) is 42.5 Å². The first-order valence-electron chi connectivity index (χ1n) is 15.6. The smallest absolute Gasteiger partial charge is 0.317 e. The highest BCUT2D eigenvalue weighted by Crippen LogP contribution is 2.32. The molecule has 0 bridgehead atoms. The lowest BCUT2D eigenvalue weighted by Gasteiger charge is -2.25. The van der Waals surface area contributed by atoms with E-state index in [0.29, 0.717) is 23.3 Å². The van der Waals surface area contributed by atoms with Crippen LogP contribution in [0.3, 0.4) is 0 Å². The van der Waals surface area contributed by atoms with Gasteiger partial charge in [0.2, 0.25) is 35.4 Å². The Morgan fingerprint density at radius 2 is 1.38 bits per heavy atom. The average Bonchev–Trinajstić information content (AvgIpc) is 3.70. The molecule has 1 aromatic carbocycles. The number of ether oxygens (including phenoxy) is 1. The fourth-order valence-electron chi connectivity index (χ4n) is 5.18. The zero-order chi connectivity index (χ0) is 36.7. The van der Waals surface area contributed by atoms with Crippen molar-refractivity contribution >= 4 is 53.2 Å². The molecule has 0 radical (unpaired) electrons. The second kappa shape index (κ2) is 18.7. The highest BCUT2D eigenvalue weighted by atomic mass is 16.5. The Morgan fingerprint density at radius 3 is 1.98 bits per heavy atom. The van der Waals surface area contributed by atoms with Gasteiger partial charge in [-0.05, 0) is 31.2 Å². The Kier molecular flexibility index (Phi) is 14.5. The first kappa shape index (κ1) is 38.8. The normalized spacial score (nSPS) is 15.9. The lowest BCUT2D eigenvalue weighted by Crippen LogP contribution is -2.56. The maximum absolute atomic E-state index is 13.0. The highest BCUT2D eigenvalue weighted by Gasteiger charge is 2.41. The number of carboxylic acids is 1. The molecule has 1 heterocycles. The van der Waals surface area contributed by atoms with Crippen molar-refractivity contribution < 1.29 is 53.0 Å². The summed E-state index contributed by atoms with van der Waals surface area (Å²) in [4.78, 5) is 111. The van der Waals surface area contributed by atoms with Crippen LogP contribution in [0.2, 0.25) is 0 Å². The minimum absolute atomic E-state index is 0.0361. The minimum Gasteiger partial charge on any atom is -0.480 e. The second-order valence-electron chi connectivity index (χ2n) is 11.4. The van der Waals surface area contributed by atoms with Crippen molar-refractivity contribution in [2.45, 2.75) is 49.8 Å². The van der Waals surface area contributed by atoms with Crippen LogP contribution in [0.5, 0.6) is 0 Å². The third-order valence-corrected chi connectivity index (χ3v) is 7.78. The molecule has 1 fully saturated rings. The largest absolute Gasteiger partial charge is 0.480 e. The summed E-state index contributed by atoms with van der Waals surface area (Å²) in [6, 6.07) is 6.05. The summed E-state index contributed by atoms with van der Waals surface area (Å²) in [5, 5.41) is 23.2. The van der Waals surface area contributed by atoms with Gasteiger partial charge < -0.3 is 47.5 Å². The van der Waals surface area contributed by atoms with Gasteiger partial charge in [-0.15, -0.1) is 0 Å². The summed E-state index contributed by atoms with van der Waals surface area (Å²) in [6.07, 6.45) is 4.34. The molecule has 270 valence electrons. The average molecular weight is 701 g/mol. The molecule has 50 heavy (non-hydrogen) atoms. The van der Waals surface area contributed by atoms with Crippen LogP contribution in [0.1, 0.15) is 31.2 Å². The summed E-state index contributed by atoms with van der Waals surface area (Å²) >= 11 is 0. The molecule has 1 aliphatic carbocycles. The number of rotatable bonds is 20. The first-order valence-corrected chi connectivity index (χ1v) is 15.6. The van der Waals surface area contributed by atoms with Gasteiger partial charge in [-0.3, -0.25) is 48.1 Å². The number of nitrogens with one attached hydrogen (secondary N) is 6. The Labute approximate surface area is 286 Å². The Bertz CT molecular complexity index is 1480. The lowest BCUT2D eigenvalue weighted by molar-refractivity contribution is -0.146. The Hall–Kier alpha value is -5.69. The van der Waals surface area contributed by atoms with E-state index in [1.54, 1.807) is 30.3 Å². The van der Waals surface area contributed by atoms with Gasteiger partial charge in [0.1, 0.15) is 24.4 Å². The Morgan fingerprint density at radius 1 is 0.800 bits per heavy atom. The number of hydrogen-bond donors (Lipinski definition) is 8. The van der Waals surface area contributed by atoms with E-state index in [2.05, 4.69) is 31.9 Å². The molecule has 1 saturated carbocycles. The quantitative estimate of drug-likeness (QED) is 0.0476. The summed E-state index contributed by atoms with van der Waals surface area (Å²) < 4.78 is 5.56. The van der Waals surface area contributed by atoms with Crippen LogP contribution >= 0.6 is 0 Å². The topological polar surface area (TPSA) is 285 Å². The van der Waals surface area contributed by atoms with Crippen LogP contribution in [0.25, 0.3) is 0 Å². The van der Waals surface area contributed by atoms with Gasteiger partial charge >= 0.3 is 5.97 Å². The van der Waals surface area contributed by atoms with E-state index in [-0.39, 0.29) is 13.2 Å². The SMILES string of the molecule is NC(=O)C1(OCNC(=O)CNC(=O)[C@H](Cc2ccccc2)NC(=O)CNC(=O)CNC(=O)[C@H](CNCC(=O)O)N2C(=O)C=CC2=O)CCCC1. The summed E-state index contributed by atoms with van der Waals surface area (Å²) in [7, 11) is 0. The molecule has 0 spiro atoms. The molecule has 9 N–H and O–H groups in total. The number of amides is 8. The van der Waals surface area contributed by atoms with Gasteiger partial charge in [0.15, 0.2) is 0 Å². The molecule has 19 heteroatoms. The number of aliphatic carboxylic acids is 1. The summed E-state index contributed by atoms with van der Waals surface area (Å²) in [5.74, 6) is -7.32. The van der Waals surface area contributed by atoms with Crippen LogP contribution < -0.4 is 37.6 Å². The standard InChI is InChI=1S/C31H40N8O11/c32-30(49)31(10-4-5-11-31)50-18-37-23(41)15-35-28(47)20(12-19-6-2-1-3-7-19)38-24(42)16-34-22(40)14-36-29(48)21(13-33-17-27(45)46)39-25(43)8-9-26(39)44/h1-3,6-9,20-21,33H,4-5,10-18H2,(H2,32,49)(H,34,40)(H,35,47)(H,36,48)(H,37,41)(H,38,42)(H,45,46)/t20-,21-/m0/s1. The molecular formula is C31H40N8O11. The van der Waals surface area contributed by atoms with Crippen molar-refractivity contribution in [3.8, 4) is 0 Å². The van der Waals surface area contributed by atoms with Gasteiger partial charge in [-0.1, -0.05) is 30.3 Å². The number of nitrogens with zero attached hydrogens (tertiary/aromatic N) is 1. The van der Waals surface area contributed by atoms with E-state index >= 15 is 0 Å². The number of nitrogens with two attached hydrogens (primary N) is 1. The fraction of sp³-hybridized carbons (Fsp3) is 0.452. The molecule has 0 saturated heterocycles. The van der Waals surface area contributed by atoms with E-state index in [1.807, 2.05) is 0 Å². The van der Waals surface area contributed by atoms with Crippen LogP contribution in [-0.4, -0.2) is 120 Å². The predicted octanol–water partition coefficient (Wildman–Crippen LogP) is -4.08. The minimum atomic E-state index is -1.47. The molecule has 2 atom stereocenters. The molecule has 1 aromatic rings. The van der Waals surface area contributed by atoms with Gasteiger partial charge in [-0.25, -0.2) is 0 Å². The van der Waals surface area contributed by atoms with Crippen LogP contribution in [-0.2, 0) is 54.3 Å². The van der Waals surface area contributed by atoms with Crippen molar-refractivity contribution in [3.05, 3.63) is 48.0 Å². The zero-order valence-electron chi connectivity index (χ0n) is 27.0. The van der Waals surface area contributed by atoms with Crippen molar-refractivity contribution in [2.24, 2.45) is 5.73 Å². The van der Waals surface area contributed by atoms with E-state index in [4.69, 9.17) is 15.6 Å². The van der Waals surface area contributed by atoms with Gasteiger partial charge in [-0.2, -0.15) is 0 Å². The number of hydrogen-bond acceptors (Lipinski definition) is 11. The van der Waals surface area contributed by atoms with Crippen molar-refractivity contribution in [1.82, 2.24) is 36.8 Å². The van der Waals surface area contributed by atoms with E-state index in [9.17, 15) is 43.2 Å². The number of carboxylic acid groups (broad SMARTS) is 1. The van der Waals surface area contributed by atoms with Crippen LogP contribution in [0.4, 0.5) is 0 Å². The second-order valence-corrected chi connectivity index (χ2v) is 11.4. The molecule has 2 aliphatic rings. The monoisotopic (exact) mass is 700 g/mol. The van der Waals surface area contributed by atoms with E-state index in [0.717, 1.165) is 25.0 Å². The number of carbonyl (C=O) groups is 9. The van der Waals surface area contributed by atoms with Crippen molar-refractivity contribution in [1.29, 1.82) is 0 Å². The molecule has 19 nitrogen and oxygen atoms in total. The van der Waals surface area contributed by atoms with Crippen molar-refractivity contribution in [2.75, 3.05) is 39.5 Å². The number of imide groups is 1.